The maximum atomic E-state index is 12.6. The number of hydrogen-bond acceptors (Lipinski definition) is 6. The second-order valence-corrected chi connectivity index (χ2v) is 33.6. The highest BCUT2D eigenvalue weighted by molar-refractivity contribution is 6.40. The smallest absolute Gasteiger partial charge is 0.306 e. The van der Waals surface area contributed by atoms with Gasteiger partial charge in [0.15, 0.2) is 0 Å². The summed E-state index contributed by atoms with van der Waals surface area (Å²) < 4.78 is 12.1. The van der Waals surface area contributed by atoms with Crippen LogP contribution in [0.1, 0.15) is 413 Å². The van der Waals surface area contributed by atoms with Crippen molar-refractivity contribution >= 4 is 35.1 Å². The van der Waals surface area contributed by atoms with Crippen LogP contribution in [0.15, 0.2) is 48.6 Å². The van der Waals surface area contributed by atoms with Crippen LogP contribution in [0, 0.1) is 47.3 Å². The molecule has 4 aliphatic carbocycles. The molecule has 0 heterocycles. The highest BCUT2D eigenvalue weighted by Crippen LogP contribution is 2.56. The van der Waals surface area contributed by atoms with E-state index in [0.717, 1.165) is 112 Å². The third kappa shape index (κ3) is 61.3. The van der Waals surface area contributed by atoms with Gasteiger partial charge in [0.1, 0.15) is 12.2 Å². The monoisotopic (exact) mass is 1420 g/mol. The highest BCUT2D eigenvalue weighted by Gasteiger charge is 2.45. The third-order valence-electron chi connectivity index (χ3n) is 22.6. The van der Waals surface area contributed by atoms with Gasteiger partial charge in [0.05, 0.1) is 5.34 Å². The van der Waals surface area contributed by atoms with Gasteiger partial charge in [-0.2, -0.15) is 0 Å². The molecule has 4 fully saturated rings. The number of carbonyl (C=O) groups excluding carboxylic acids is 2. The van der Waals surface area contributed by atoms with Crippen molar-refractivity contribution in [2.24, 2.45) is 47.3 Å². The molecule has 99 heavy (non-hydrogen) atoms. The summed E-state index contributed by atoms with van der Waals surface area (Å²) in [5, 5.41) is 0.194. The normalized spacial score (nSPS) is 20.4. The van der Waals surface area contributed by atoms with Crippen LogP contribution >= 0.6 is 23.2 Å². The molecule has 4 aliphatic rings. The molecule has 0 saturated heterocycles. The van der Waals surface area contributed by atoms with E-state index in [4.69, 9.17) is 32.7 Å². The van der Waals surface area contributed by atoms with Crippen LogP contribution < -0.4 is 0 Å². The lowest BCUT2D eigenvalue weighted by atomic mass is 10.0. The van der Waals surface area contributed by atoms with Gasteiger partial charge in [0, 0.05) is 12.8 Å². The lowest BCUT2D eigenvalue weighted by Crippen LogP contribution is -2.20. The predicted molar refractivity (Wildman–Crippen MR) is 438 cm³/mol. The van der Waals surface area contributed by atoms with Crippen molar-refractivity contribution in [1.29, 1.82) is 0 Å². The Morgan fingerprint density at radius 2 is 0.556 bits per heavy atom. The van der Waals surface area contributed by atoms with Crippen LogP contribution in [0.3, 0.4) is 0 Å². The Kier molecular flexibility index (Phi) is 64.4. The fraction of sp³-hybridized carbons (Fsp3) is 0.890. The van der Waals surface area contributed by atoms with E-state index >= 15 is 0 Å². The second-order valence-electron chi connectivity index (χ2n) is 32.8. The predicted octanol–water partition coefficient (Wildman–Crippen LogP) is 29.0. The van der Waals surface area contributed by atoms with Crippen LogP contribution in [-0.4, -0.2) is 80.6 Å². The molecule has 0 spiro atoms. The van der Waals surface area contributed by atoms with Crippen LogP contribution in [0.2, 0.25) is 0 Å². The standard InChI is InChI=1S/C47H87NO2.C43H79NO2.CH2Cl2/c1-5-7-17-24-38-32-42(38)36-44-34-40(44)26-19-13-9-11-15-21-28-46(50-47(49)30-23-31-48(3)4)29-22-16-12-10-14-20-27-41-35-45(41)37-43-33-39(43)25-18-8-6-2;1-5-7-9-11-13-15-17-19-21-23-25-27-29-31-33-35-38-42(46-43(45)40-37-41-44(3)4)39-36-34-32-30-28-26-24-22-20-18-16-14-12-10-8-6-2;2-1-3/h38-46H,5-37H2,1-4H3;13-16,19-22,42H,5-12,17-18,23-41H2,1-4H3;1H2/b;15-13-,16-14-,21-19-,22-20-;. The van der Waals surface area contributed by atoms with Gasteiger partial charge >= 0.3 is 11.9 Å². The SMILES string of the molecule is CCCCC/C=C\C/C=C\CCCCCCCCC(CCCCCCCC/C=C\C/C=C\CCCCC)OC(=O)CCCN(C)C.CCCCCC1CC1CC1CC1CCCCCCCCC(CCCCCCCCC1CC1CC1CC1CCCCC)OC(=O)CCCN(C)C.ClCCl. The maximum absolute atomic E-state index is 12.6. The molecule has 0 aliphatic heterocycles. The van der Waals surface area contributed by atoms with E-state index in [1.54, 1.807) is 38.5 Å². The number of halogens is 2. The molecule has 580 valence electrons. The van der Waals surface area contributed by atoms with Gasteiger partial charge < -0.3 is 19.3 Å². The van der Waals surface area contributed by atoms with Gasteiger partial charge in [0.2, 0.25) is 0 Å². The Morgan fingerprint density at radius 3 is 0.828 bits per heavy atom. The zero-order chi connectivity index (χ0) is 71.7. The zero-order valence-corrected chi connectivity index (χ0v) is 68.7. The molecular formula is C91H168Cl2N2O4. The Hall–Kier alpha value is -1.60. The number of carbonyl (C=O) groups is 2. The quantitative estimate of drug-likeness (QED) is 0.0262. The largest absolute Gasteiger partial charge is 0.462 e. The number of rotatable bonds is 70. The van der Waals surface area contributed by atoms with E-state index in [9.17, 15) is 9.59 Å². The van der Waals surface area contributed by atoms with E-state index in [0.29, 0.717) is 12.8 Å². The molecular weight excluding hydrogens is 1260 g/mol. The number of nitrogens with zero attached hydrogens (tertiary/aromatic N) is 2. The lowest BCUT2D eigenvalue weighted by molar-refractivity contribution is -0.151. The first-order chi connectivity index (χ1) is 48.5. The summed E-state index contributed by atoms with van der Waals surface area (Å²) in [6.07, 6.45) is 96.9. The van der Waals surface area contributed by atoms with E-state index in [-0.39, 0.29) is 29.5 Å². The summed E-state index contributed by atoms with van der Waals surface area (Å²) in [6.45, 7) is 11.1. The lowest BCUT2D eigenvalue weighted by Gasteiger charge is -2.18. The number of ether oxygens (including phenoxy) is 2. The number of esters is 2. The first kappa shape index (κ1) is 93.5. The minimum absolute atomic E-state index is 0.00641. The van der Waals surface area contributed by atoms with Gasteiger partial charge in [-0.05, 0) is 256 Å². The molecule has 0 amide bonds. The summed E-state index contributed by atoms with van der Waals surface area (Å²) in [6, 6.07) is 0. The maximum Gasteiger partial charge on any atom is 0.306 e. The third-order valence-corrected chi connectivity index (χ3v) is 22.6. The molecule has 0 N–H and O–H groups in total. The molecule has 4 saturated carbocycles. The molecule has 0 radical (unpaired) electrons. The van der Waals surface area contributed by atoms with Gasteiger partial charge in [-0.3, -0.25) is 9.59 Å². The number of unbranched alkanes of at least 4 members (excludes halogenated alkanes) is 32. The average molecular weight is 1430 g/mol. The first-order valence-corrected chi connectivity index (χ1v) is 44.9. The van der Waals surface area contributed by atoms with Crippen molar-refractivity contribution in [3.05, 3.63) is 48.6 Å². The van der Waals surface area contributed by atoms with Gasteiger partial charge in [-0.15, -0.1) is 23.2 Å². The topological polar surface area (TPSA) is 59.1 Å². The summed E-state index contributed by atoms with van der Waals surface area (Å²) in [5.41, 5.74) is 0. The summed E-state index contributed by atoms with van der Waals surface area (Å²) in [7, 11) is 8.28. The van der Waals surface area contributed by atoms with Gasteiger partial charge in [-0.25, -0.2) is 0 Å². The molecule has 0 aromatic rings. The molecule has 8 heteroatoms. The molecule has 8 unspecified atom stereocenters. The van der Waals surface area contributed by atoms with Gasteiger partial charge in [0.25, 0.3) is 0 Å². The fourth-order valence-corrected chi connectivity index (χ4v) is 15.7. The van der Waals surface area contributed by atoms with Crippen molar-refractivity contribution in [2.75, 3.05) is 46.6 Å². The van der Waals surface area contributed by atoms with Gasteiger partial charge in [-0.1, -0.05) is 282 Å². The Bertz CT molecular complexity index is 1800. The number of alkyl halides is 2. The molecule has 0 aromatic carbocycles. The minimum atomic E-state index is 0.00641. The molecule has 0 aromatic heterocycles. The van der Waals surface area contributed by atoms with Crippen LogP contribution in [0.5, 0.6) is 0 Å². The fourth-order valence-electron chi connectivity index (χ4n) is 15.7. The Morgan fingerprint density at radius 1 is 0.323 bits per heavy atom. The summed E-state index contributed by atoms with van der Waals surface area (Å²) in [4.78, 5) is 29.5. The average Bonchev–Trinajstić information content (AvgIpc) is 1.66. The van der Waals surface area contributed by atoms with Crippen molar-refractivity contribution in [2.45, 2.75) is 425 Å². The zero-order valence-electron chi connectivity index (χ0n) is 67.2. The van der Waals surface area contributed by atoms with E-state index in [2.05, 4.69) is 114 Å². The first-order valence-electron chi connectivity index (χ1n) is 43.9. The summed E-state index contributed by atoms with van der Waals surface area (Å²) >= 11 is 9.53. The van der Waals surface area contributed by atoms with E-state index in [1.807, 2.05) is 0 Å². The van der Waals surface area contributed by atoms with Crippen molar-refractivity contribution in [3.63, 3.8) is 0 Å². The molecule has 8 atom stereocenters. The van der Waals surface area contributed by atoms with Crippen molar-refractivity contribution in [3.8, 4) is 0 Å². The van der Waals surface area contributed by atoms with Crippen LogP contribution in [0.4, 0.5) is 0 Å². The second kappa shape index (κ2) is 68.2. The van der Waals surface area contributed by atoms with E-state index < -0.39 is 0 Å². The Balaban J connectivity index is 0.000000651. The highest BCUT2D eigenvalue weighted by atomic mass is 35.5. The summed E-state index contributed by atoms with van der Waals surface area (Å²) in [5.74, 6) is 8.86. The Labute approximate surface area is 627 Å². The van der Waals surface area contributed by atoms with Crippen molar-refractivity contribution < 1.29 is 19.1 Å². The van der Waals surface area contributed by atoms with Crippen LogP contribution in [0.25, 0.3) is 0 Å². The van der Waals surface area contributed by atoms with Crippen LogP contribution in [-0.2, 0) is 19.1 Å². The number of hydrogen-bond donors (Lipinski definition) is 0. The van der Waals surface area contributed by atoms with E-state index in [1.165, 1.54) is 283 Å². The molecule has 4 rings (SSSR count). The minimum Gasteiger partial charge on any atom is -0.462 e. The molecule has 0 bridgehead atoms. The number of allylic oxidation sites excluding steroid dienone is 8. The molecule has 6 nitrogen and oxygen atoms in total. The van der Waals surface area contributed by atoms with Crippen molar-refractivity contribution in [1.82, 2.24) is 9.80 Å².